The van der Waals surface area contributed by atoms with Crippen molar-refractivity contribution < 1.29 is 9.53 Å². The number of rotatable bonds is 8. The minimum absolute atomic E-state index is 0.0370. The molecule has 3 aromatic rings. The van der Waals surface area contributed by atoms with Crippen molar-refractivity contribution >= 4 is 17.7 Å². The number of carbonyl (C=O) groups excluding carboxylic acids is 1. The van der Waals surface area contributed by atoms with Crippen molar-refractivity contribution in [1.82, 2.24) is 20.1 Å². The highest BCUT2D eigenvalue weighted by atomic mass is 32.2. The van der Waals surface area contributed by atoms with Gasteiger partial charge in [-0.05, 0) is 36.6 Å². The maximum absolute atomic E-state index is 12.1. The van der Waals surface area contributed by atoms with Crippen molar-refractivity contribution in [2.24, 2.45) is 7.05 Å². The van der Waals surface area contributed by atoms with Gasteiger partial charge in [-0.25, -0.2) is 0 Å². The van der Waals surface area contributed by atoms with Crippen LogP contribution in [0.3, 0.4) is 0 Å². The van der Waals surface area contributed by atoms with E-state index in [1.54, 1.807) is 0 Å². The van der Waals surface area contributed by atoms with Crippen LogP contribution in [0.15, 0.2) is 53.7 Å². The van der Waals surface area contributed by atoms with Gasteiger partial charge in [-0.15, -0.1) is 10.2 Å². The Morgan fingerprint density at radius 2 is 1.93 bits per heavy atom. The van der Waals surface area contributed by atoms with Gasteiger partial charge in [0, 0.05) is 13.6 Å². The van der Waals surface area contributed by atoms with Gasteiger partial charge in [-0.2, -0.15) is 0 Å². The number of aromatic nitrogens is 3. The zero-order chi connectivity index (χ0) is 19.9. The Kier molecular flexibility index (Phi) is 6.71. The second kappa shape index (κ2) is 9.41. The maximum atomic E-state index is 12.1. The molecule has 0 fully saturated rings. The van der Waals surface area contributed by atoms with Crippen LogP contribution in [0.1, 0.15) is 22.5 Å². The molecule has 0 aliphatic rings. The lowest BCUT2D eigenvalue weighted by molar-refractivity contribution is -0.118. The number of benzene rings is 2. The van der Waals surface area contributed by atoms with Crippen LogP contribution in [0.4, 0.5) is 0 Å². The van der Waals surface area contributed by atoms with Crippen molar-refractivity contribution in [2.75, 3.05) is 5.75 Å². The van der Waals surface area contributed by atoms with E-state index < -0.39 is 0 Å². The Labute approximate surface area is 169 Å². The molecule has 28 heavy (non-hydrogen) atoms. The molecule has 0 saturated heterocycles. The van der Waals surface area contributed by atoms with Crippen LogP contribution in [0, 0.1) is 13.8 Å². The van der Waals surface area contributed by atoms with Gasteiger partial charge in [0.25, 0.3) is 0 Å². The number of carbonyl (C=O) groups is 1. The first kappa shape index (κ1) is 19.9. The molecule has 0 bridgehead atoms. The van der Waals surface area contributed by atoms with Crippen molar-refractivity contribution in [1.29, 1.82) is 0 Å². The van der Waals surface area contributed by atoms with Crippen LogP contribution in [0.25, 0.3) is 0 Å². The fraction of sp³-hybridized carbons (Fsp3) is 0.286. The number of nitrogens with zero attached hydrogens (tertiary/aromatic N) is 3. The molecule has 146 valence electrons. The summed E-state index contributed by atoms with van der Waals surface area (Å²) >= 11 is 1.36. The summed E-state index contributed by atoms with van der Waals surface area (Å²) in [5.74, 6) is 1.81. The highest BCUT2D eigenvalue weighted by Gasteiger charge is 2.12. The normalized spacial score (nSPS) is 10.7. The highest BCUT2D eigenvalue weighted by molar-refractivity contribution is 7.99. The van der Waals surface area contributed by atoms with E-state index in [0.29, 0.717) is 24.1 Å². The molecule has 1 heterocycles. The lowest BCUT2D eigenvalue weighted by atomic mass is 10.1. The molecule has 2 aromatic carbocycles. The molecule has 6 nitrogen and oxygen atoms in total. The van der Waals surface area contributed by atoms with Crippen molar-refractivity contribution in [3.05, 3.63) is 71.0 Å². The zero-order valence-electron chi connectivity index (χ0n) is 16.3. The Morgan fingerprint density at radius 3 is 2.71 bits per heavy atom. The molecule has 0 spiro atoms. The standard InChI is InChI=1S/C21H24N4O2S/c1-15-9-10-16(2)18(11-15)27-13-19-23-24-21(25(19)3)28-14-20(26)22-12-17-7-5-4-6-8-17/h4-11H,12-14H2,1-3H3,(H,22,26). The SMILES string of the molecule is Cc1ccc(C)c(OCc2nnc(SCC(=O)NCc3ccccc3)n2C)c1. The summed E-state index contributed by atoms with van der Waals surface area (Å²) in [6, 6.07) is 15.9. The summed E-state index contributed by atoms with van der Waals surface area (Å²) in [5.41, 5.74) is 3.30. The second-order valence-electron chi connectivity index (χ2n) is 6.57. The Bertz CT molecular complexity index is 941. The topological polar surface area (TPSA) is 69.0 Å². The van der Waals surface area contributed by atoms with E-state index in [4.69, 9.17) is 4.74 Å². The smallest absolute Gasteiger partial charge is 0.230 e. The summed E-state index contributed by atoms with van der Waals surface area (Å²) in [6.07, 6.45) is 0. The van der Waals surface area contributed by atoms with Gasteiger partial charge < -0.3 is 14.6 Å². The Morgan fingerprint density at radius 1 is 1.14 bits per heavy atom. The van der Waals surface area contributed by atoms with Gasteiger partial charge in [0.05, 0.1) is 5.75 Å². The molecule has 3 rings (SSSR count). The molecule has 1 amide bonds. The lowest BCUT2D eigenvalue weighted by Gasteiger charge is -2.10. The van der Waals surface area contributed by atoms with Crippen LogP contribution in [0.2, 0.25) is 0 Å². The fourth-order valence-corrected chi connectivity index (χ4v) is 3.34. The van der Waals surface area contributed by atoms with Crippen molar-refractivity contribution in [3.8, 4) is 5.75 Å². The minimum atomic E-state index is -0.0370. The third kappa shape index (κ3) is 5.36. The third-order valence-corrected chi connectivity index (χ3v) is 5.31. The minimum Gasteiger partial charge on any atom is -0.485 e. The second-order valence-corrected chi connectivity index (χ2v) is 7.51. The predicted molar refractivity (Wildman–Crippen MR) is 110 cm³/mol. The third-order valence-electron chi connectivity index (χ3n) is 4.29. The fourth-order valence-electron chi connectivity index (χ4n) is 2.58. The van der Waals surface area contributed by atoms with E-state index in [0.717, 1.165) is 22.4 Å². The molecule has 1 N–H and O–H groups in total. The van der Waals surface area contributed by atoms with E-state index in [1.165, 1.54) is 11.8 Å². The molecular formula is C21H24N4O2S. The largest absolute Gasteiger partial charge is 0.485 e. The van der Waals surface area contributed by atoms with Crippen LogP contribution >= 0.6 is 11.8 Å². The highest BCUT2D eigenvalue weighted by Crippen LogP contribution is 2.21. The molecule has 0 aliphatic carbocycles. The Balaban J connectivity index is 1.50. The molecule has 0 aliphatic heterocycles. The molecule has 7 heteroatoms. The van der Waals surface area contributed by atoms with Crippen LogP contribution in [0.5, 0.6) is 5.75 Å². The summed E-state index contributed by atoms with van der Waals surface area (Å²) < 4.78 is 7.76. The molecule has 0 saturated carbocycles. The average Bonchev–Trinajstić information content (AvgIpc) is 3.06. The van der Waals surface area contributed by atoms with Crippen molar-refractivity contribution in [2.45, 2.75) is 32.2 Å². The maximum Gasteiger partial charge on any atom is 0.230 e. The summed E-state index contributed by atoms with van der Waals surface area (Å²) in [4.78, 5) is 12.1. The monoisotopic (exact) mass is 396 g/mol. The molecule has 1 aromatic heterocycles. The first-order chi connectivity index (χ1) is 13.5. The van der Waals surface area contributed by atoms with Gasteiger partial charge >= 0.3 is 0 Å². The molecule has 0 radical (unpaired) electrons. The molecular weight excluding hydrogens is 372 g/mol. The molecule has 0 atom stereocenters. The first-order valence-electron chi connectivity index (χ1n) is 9.04. The van der Waals surface area contributed by atoms with Gasteiger partial charge in [-0.3, -0.25) is 4.79 Å². The average molecular weight is 397 g/mol. The van der Waals surface area contributed by atoms with Crippen molar-refractivity contribution in [3.63, 3.8) is 0 Å². The summed E-state index contributed by atoms with van der Waals surface area (Å²) in [7, 11) is 1.88. The van der Waals surface area contributed by atoms with Gasteiger partial charge in [0.1, 0.15) is 12.4 Å². The van der Waals surface area contributed by atoms with E-state index in [1.807, 2.05) is 67.9 Å². The number of thioether (sulfide) groups is 1. The quantitative estimate of drug-likeness (QED) is 0.591. The number of amides is 1. The van der Waals surface area contributed by atoms with E-state index in [2.05, 4.69) is 21.6 Å². The van der Waals surface area contributed by atoms with E-state index in [-0.39, 0.29) is 11.7 Å². The number of hydrogen-bond acceptors (Lipinski definition) is 5. The van der Waals surface area contributed by atoms with Gasteiger partial charge in [-0.1, -0.05) is 54.2 Å². The lowest BCUT2D eigenvalue weighted by Crippen LogP contribution is -2.24. The molecule has 0 unspecified atom stereocenters. The summed E-state index contributed by atoms with van der Waals surface area (Å²) in [5, 5.41) is 12.0. The first-order valence-corrected chi connectivity index (χ1v) is 10.0. The predicted octanol–water partition coefficient (Wildman–Crippen LogP) is 3.42. The number of aryl methyl sites for hydroxylation is 2. The zero-order valence-corrected chi connectivity index (χ0v) is 17.1. The number of ether oxygens (including phenoxy) is 1. The van der Waals surface area contributed by atoms with E-state index in [9.17, 15) is 4.79 Å². The van der Waals surface area contributed by atoms with Crippen LogP contribution in [-0.4, -0.2) is 26.4 Å². The van der Waals surface area contributed by atoms with Crippen LogP contribution < -0.4 is 10.1 Å². The summed E-state index contributed by atoms with van der Waals surface area (Å²) in [6.45, 7) is 4.90. The number of hydrogen-bond donors (Lipinski definition) is 1. The van der Waals surface area contributed by atoms with Gasteiger partial charge in [0.2, 0.25) is 5.91 Å². The Hall–Kier alpha value is -2.80. The number of nitrogens with one attached hydrogen (secondary N) is 1. The van der Waals surface area contributed by atoms with Crippen LogP contribution in [-0.2, 0) is 25.0 Å². The van der Waals surface area contributed by atoms with E-state index >= 15 is 0 Å². The van der Waals surface area contributed by atoms with Gasteiger partial charge in [0.15, 0.2) is 11.0 Å².